The fourth-order valence-corrected chi connectivity index (χ4v) is 6.71. The summed E-state index contributed by atoms with van der Waals surface area (Å²) in [5.74, 6) is -0.857. The van der Waals surface area contributed by atoms with E-state index in [4.69, 9.17) is 37.9 Å². The van der Waals surface area contributed by atoms with Crippen molar-refractivity contribution in [3.05, 3.63) is 117 Å². The molecule has 0 atom stereocenters. The molecule has 56 heavy (non-hydrogen) atoms. The van der Waals surface area contributed by atoms with Gasteiger partial charge in [0.15, 0.2) is 0 Å². The Kier molecular flexibility index (Phi) is 20.8. The molecule has 0 spiro atoms. The second-order valence-corrected chi connectivity index (χ2v) is 12.8. The number of carbonyl (C=O) groups excluding carboxylic acids is 2. The molecule has 0 saturated heterocycles. The first-order valence-corrected chi connectivity index (χ1v) is 18.0. The smallest absolute Gasteiger partial charge is 0.870 e. The van der Waals surface area contributed by atoms with E-state index in [1.807, 2.05) is 26.0 Å². The van der Waals surface area contributed by atoms with Crippen molar-refractivity contribution >= 4 is 12.3 Å². The molecule has 0 bridgehead atoms. The third-order valence-corrected chi connectivity index (χ3v) is 9.18. The van der Waals surface area contributed by atoms with E-state index >= 15 is 0 Å². The number of rotatable bonds is 24. The van der Waals surface area contributed by atoms with Crippen LogP contribution in [0, 0.1) is 13.8 Å². The molecule has 1 aliphatic carbocycles. The Morgan fingerprint density at radius 2 is 1.02 bits per heavy atom. The first-order valence-electron chi connectivity index (χ1n) is 18.0. The maximum Gasteiger partial charge on any atom is 1.00 e. The molecule has 12 nitrogen and oxygen atoms in total. The topological polar surface area (TPSA) is 161 Å². The van der Waals surface area contributed by atoms with E-state index in [1.54, 1.807) is 38.5 Å². The maximum atomic E-state index is 12.7. The number of hydrogen-bond acceptors (Lipinski definition) is 12. The number of carboxylic acids is 1. The number of methoxy groups -OCH3 is 2. The molecular formula is C43H49CsO12-2. The number of hydrogen-bond donors (Lipinski definition) is 0. The zero-order valence-electron chi connectivity index (χ0n) is 32.9. The van der Waals surface area contributed by atoms with Crippen molar-refractivity contribution in [2.75, 3.05) is 93.5 Å². The van der Waals surface area contributed by atoms with Gasteiger partial charge in [-0.2, -0.15) is 6.07 Å². The van der Waals surface area contributed by atoms with Gasteiger partial charge in [-0.15, -0.1) is 5.56 Å². The first kappa shape index (κ1) is 47.8. The molecule has 5 rings (SSSR count). The van der Waals surface area contributed by atoms with Crippen LogP contribution in [0.1, 0.15) is 49.3 Å². The second-order valence-electron chi connectivity index (χ2n) is 12.8. The summed E-state index contributed by atoms with van der Waals surface area (Å²) >= 11 is 0. The Labute approximate surface area is 387 Å². The van der Waals surface area contributed by atoms with Gasteiger partial charge in [-0.3, -0.25) is 0 Å². The van der Waals surface area contributed by atoms with Gasteiger partial charge < -0.3 is 58.1 Å². The van der Waals surface area contributed by atoms with Crippen molar-refractivity contribution in [2.45, 2.75) is 19.3 Å². The van der Waals surface area contributed by atoms with Gasteiger partial charge in [0.25, 0.3) is 0 Å². The SMILES string of the molecule is COCCOCCOCCOc1ccc(C2(c3ccc(OCCOCCOCCOC)c(C(=O)[O-])c3)c3cc(C)ccc3-c3ccc(C)cc32)cc1[C-]=O.[Cs+].[OH-]. The fourth-order valence-electron chi connectivity index (χ4n) is 6.71. The Bertz CT molecular complexity index is 1810. The second kappa shape index (κ2) is 24.3. The summed E-state index contributed by atoms with van der Waals surface area (Å²) in [6, 6.07) is 23.1. The van der Waals surface area contributed by atoms with Gasteiger partial charge in [0, 0.05) is 25.5 Å². The minimum Gasteiger partial charge on any atom is -0.870 e. The molecule has 296 valence electrons. The minimum absolute atomic E-state index is 0. The van der Waals surface area contributed by atoms with E-state index in [0.717, 1.165) is 38.9 Å². The number of carboxylic acid groups (broad SMARTS) is 1. The van der Waals surface area contributed by atoms with Crippen molar-refractivity contribution in [3.8, 4) is 22.6 Å². The van der Waals surface area contributed by atoms with E-state index in [-0.39, 0.29) is 111 Å². The van der Waals surface area contributed by atoms with E-state index in [1.165, 1.54) is 0 Å². The molecule has 0 heterocycles. The molecule has 4 aromatic carbocycles. The van der Waals surface area contributed by atoms with Gasteiger partial charge in [-0.25, -0.2) is 0 Å². The van der Waals surface area contributed by atoms with Crippen LogP contribution in [-0.2, 0) is 38.6 Å². The number of carbonyl (C=O) groups is 1. The third-order valence-electron chi connectivity index (χ3n) is 9.18. The standard InChI is InChI=1S/C43H49O11.Cs.H2O/c1-30-5-9-35-36-10-6-31(2)26-39(36)43(38(35)25-30,33-7-11-40(32(27-33)29-44)53-23-21-51-19-17-49-15-13-47-3)34-8-12-41(37(28-34)42(45)46)54-24-22-52-20-18-50-16-14-48-4;;/h5-12,25-28H,13-24H2,1-4H3,(H,45,46);;1H2/q-1;+1;/p-2. The van der Waals surface area contributed by atoms with E-state index in [0.29, 0.717) is 70.8 Å². The quantitative estimate of drug-likeness (QED) is 0.0649. The van der Waals surface area contributed by atoms with Gasteiger partial charge in [-0.1, -0.05) is 71.3 Å². The zero-order valence-corrected chi connectivity index (χ0v) is 39.1. The summed E-state index contributed by atoms with van der Waals surface area (Å²) in [4.78, 5) is 25.2. The average molecular weight is 891 g/mol. The van der Waals surface area contributed by atoms with Gasteiger partial charge in [0.2, 0.25) is 0 Å². The first-order chi connectivity index (χ1) is 26.3. The molecule has 13 heteroatoms. The van der Waals surface area contributed by atoms with Gasteiger partial charge in [0.05, 0.1) is 90.3 Å². The molecule has 0 aliphatic heterocycles. The summed E-state index contributed by atoms with van der Waals surface area (Å²) < 4.78 is 43.9. The fraction of sp³-hybridized carbons (Fsp3) is 0.395. The van der Waals surface area contributed by atoms with Crippen LogP contribution >= 0.6 is 0 Å². The summed E-state index contributed by atoms with van der Waals surface area (Å²) in [6.45, 7) is 8.50. The number of fused-ring (bicyclic) bond motifs is 3. The molecular weight excluding hydrogens is 841 g/mol. The third kappa shape index (κ3) is 11.7. The maximum absolute atomic E-state index is 12.7. The van der Waals surface area contributed by atoms with Crippen LogP contribution in [0.4, 0.5) is 0 Å². The van der Waals surface area contributed by atoms with Crippen LogP contribution in [0.5, 0.6) is 11.5 Å². The van der Waals surface area contributed by atoms with Crippen molar-refractivity contribution < 1.29 is 127 Å². The minimum atomic E-state index is -1.38. The predicted molar refractivity (Wildman–Crippen MR) is 202 cm³/mol. The molecule has 1 N–H and O–H groups in total. The molecule has 0 aromatic heterocycles. The van der Waals surface area contributed by atoms with Crippen LogP contribution in [0.15, 0.2) is 72.8 Å². The van der Waals surface area contributed by atoms with Gasteiger partial charge >= 0.3 is 68.9 Å². The predicted octanol–water partition coefficient (Wildman–Crippen LogP) is 1.43. The molecule has 1 aliphatic rings. The Morgan fingerprint density at radius 3 is 1.48 bits per heavy atom. The molecule has 0 saturated carbocycles. The molecule has 0 radical (unpaired) electrons. The van der Waals surface area contributed by atoms with Crippen molar-refractivity contribution in [2.24, 2.45) is 0 Å². The van der Waals surface area contributed by atoms with Crippen molar-refractivity contribution in [1.82, 2.24) is 0 Å². The number of aromatic carboxylic acids is 1. The Balaban J connectivity index is 0.00000420. The Hall–Kier alpha value is -2.61. The summed E-state index contributed by atoms with van der Waals surface area (Å²) in [6.07, 6.45) is 2.07. The molecule has 0 fully saturated rings. The zero-order chi connectivity index (χ0) is 38.3. The normalized spacial score (nSPS) is 12.2. The average Bonchev–Trinajstić information content (AvgIpc) is 3.45. The largest absolute Gasteiger partial charge is 1.00 e. The monoisotopic (exact) mass is 890 g/mol. The molecule has 0 unspecified atom stereocenters. The number of benzene rings is 4. The molecule has 4 aromatic rings. The summed E-state index contributed by atoms with van der Waals surface area (Å²) in [5.41, 5.74) is 6.50. The van der Waals surface area contributed by atoms with Crippen LogP contribution in [-0.4, -0.2) is 111 Å². The van der Waals surface area contributed by atoms with Crippen LogP contribution in [0.25, 0.3) is 11.1 Å². The number of ether oxygens (including phenoxy) is 8. The van der Waals surface area contributed by atoms with E-state index < -0.39 is 11.4 Å². The van der Waals surface area contributed by atoms with E-state index in [2.05, 4.69) is 42.7 Å². The van der Waals surface area contributed by atoms with Gasteiger partial charge in [-0.05, 0) is 53.8 Å². The van der Waals surface area contributed by atoms with Crippen LogP contribution < -0.4 is 83.5 Å². The van der Waals surface area contributed by atoms with Gasteiger partial charge in [0.1, 0.15) is 12.4 Å². The van der Waals surface area contributed by atoms with Crippen molar-refractivity contribution in [3.63, 3.8) is 0 Å². The van der Waals surface area contributed by atoms with Crippen LogP contribution in [0.3, 0.4) is 0 Å². The summed E-state index contributed by atoms with van der Waals surface area (Å²) in [5, 5.41) is 12.7. The summed E-state index contributed by atoms with van der Waals surface area (Å²) in [7, 11) is 3.23. The van der Waals surface area contributed by atoms with E-state index in [9.17, 15) is 14.7 Å². The van der Waals surface area contributed by atoms with Crippen molar-refractivity contribution in [1.29, 1.82) is 0 Å². The van der Waals surface area contributed by atoms with Crippen LogP contribution in [0.2, 0.25) is 0 Å². The molecule has 0 amide bonds. The Morgan fingerprint density at radius 1 is 0.589 bits per heavy atom. The number of aryl methyl sites for hydroxylation is 2.